The first kappa shape index (κ1) is 22.2. The van der Waals surface area contributed by atoms with Gasteiger partial charge in [0.2, 0.25) is 11.0 Å². The van der Waals surface area contributed by atoms with Gasteiger partial charge in [-0.25, -0.2) is 4.98 Å². The summed E-state index contributed by atoms with van der Waals surface area (Å²) in [7, 11) is 0. The molecule has 162 valence electrons. The van der Waals surface area contributed by atoms with Crippen molar-refractivity contribution in [2.45, 2.75) is 23.6 Å². The average Bonchev–Trinajstić information content (AvgIpc) is 3.44. The maximum atomic E-state index is 12.4. The van der Waals surface area contributed by atoms with Crippen molar-refractivity contribution in [3.63, 3.8) is 0 Å². The summed E-state index contributed by atoms with van der Waals surface area (Å²) in [6, 6.07) is 17.7. The number of rotatable bonds is 9. The second-order valence-corrected chi connectivity index (χ2v) is 9.92. The minimum absolute atomic E-state index is 0.273. The smallest absolute Gasteiger partial charge is 0.250 e. The first-order valence-electron chi connectivity index (χ1n) is 9.78. The van der Waals surface area contributed by atoms with E-state index in [1.807, 2.05) is 54.8 Å². The van der Waals surface area contributed by atoms with Crippen molar-refractivity contribution in [2.24, 2.45) is 0 Å². The Morgan fingerprint density at radius 3 is 2.75 bits per heavy atom. The van der Waals surface area contributed by atoms with Crippen molar-refractivity contribution in [3.8, 4) is 5.75 Å². The Morgan fingerprint density at radius 1 is 1.12 bits per heavy atom. The molecule has 0 atom stereocenters. The Labute approximate surface area is 198 Å². The summed E-state index contributed by atoms with van der Waals surface area (Å²) in [6.07, 6.45) is 3.19. The monoisotopic (exact) mass is 480 g/mol. The van der Waals surface area contributed by atoms with E-state index in [1.165, 1.54) is 23.0 Å². The number of carbonyl (C=O) groups excluding carboxylic acids is 1. The van der Waals surface area contributed by atoms with Crippen molar-refractivity contribution < 1.29 is 9.53 Å². The highest BCUT2D eigenvalue weighted by Crippen LogP contribution is 2.28. The number of hydrogen-bond donors (Lipinski definition) is 1. The second-order valence-electron chi connectivity index (χ2n) is 6.65. The lowest BCUT2D eigenvalue weighted by molar-refractivity contribution is -0.111. The molecule has 1 N–H and O–H groups in total. The van der Waals surface area contributed by atoms with Crippen LogP contribution in [0.25, 0.3) is 6.08 Å². The first-order valence-corrected chi connectivity index (χ1v) is 12.5. The molecule has 0 aliphatic rings. The van der Waals surface area contributed by atoms with Crippen LogP contribution in [-0.4, -0.2) is 21.1 Å². The number of anilines is 1. The number of hydrogen-bond acceptors (Lipinski definition) is 8. The number of ether oxygens (including phenoxy) is 1. The first-order chi connectivity index (χ1) is 15.7. The van der Waals surface area contributed by atoms with Crippen LogP contribution in [0.15, 0.2) is 70.4 Å². The normalized spacial score (nSPS) is 11.0. The van der Waals surface area contributed by atoms with Crippen molar-refractivity contribution in [3.05, 3.63) is 87.9 Å². The zero-order chi connectivity index (χ0) is 22.2. The van der Waals surface area contributed by atoms with E-state index in [0.29, 0.717) is 17.5 Å². The Morgan fingerprint density at radius 2 is 1.94 bits per heavy atom. The van der Waals surface area contributed by atoms with E-state index in [-0.39, 0.29) is 5.91 Å². The number of nitrogens with one attached hydrogen (secondary N) is 1. The van der Waals surface area contributed by atoms with E-state index in [2.05, 4.69) is 32.6 Å². The summed E-state index contributed by atoms with van der Waals surface area (Å²) in [6.45, 7) is 2.35. The van der Waals surface area contributed by atoms with Gasteiger partial charge in [-0.3, -0.25) is 10.1 Å². The average molecular weight is 481 g/mol. The molecule has 2 heterocycles. The lowest BCUT2D eigenvalue weighted by atomic mass is 10.2. The summed E-state index contributed by atoms with van der Waals surface area (Å²) in [4.78, 5) is 16.8. The minimum Gasteiger partial charge on any atom is -0.487 e. The molecule has 2 aromatic carbocycles. The fraction of sp³-hybridized carbons (Fsp3) is 0.130. The molecule has 4 rings (SSSR count). The predicted molar refractivity (Wildman–Crippen MR) is 131 cm³/mol. The molecular formula is C23H20N4O2S3. The SMILES string of the molecule is Cc1nc(COc2ccccc2/C=C/C(=O)Nc2nnc(SCc3ccccc3)s2)cs1. The van der Waals surface area contributed by atoms with Gasteiger partial charge in [-0.1, -0.05) is 71.6 Å². The Hall–Kier alpha value is -3.01. The molecule has 0 spiro atoms. The second kappa shape index (κ2) is 11.0. The number of nitrogens with zero attached hydrogens (tertiary/aromatic N) is 3. The lowest BCUT2D eigenvalue weighted by Gasteiger charge is -2.07. The Balaban J connectivity index is 1.31. The van der Waals surface area contributed by atoms with Crippen LogP contribution in [0.2, 0.25) is 0 Å². The van der Waals surface area contributed by atoms with Crippen molar-refractivity contribution in [1.82, 2.24) is 15.2 Å². The molecule has 0 saturated carbocycles. The van der Waals surface area contributed by atoms with Crippen LogP contribution in [-0.2, 0) is 17.2 Å². The molecule has 2 aromatic heterocycles. The van der Waals surface area contributed by atoms with Gasteiger partial charge in [0.15, 0.2) is 4.34 Å². The van der Waals surface area contributed by atoms with E-state index in [4.69, 9.17) is 4.74 Å². The van der Waals surface area contributed by atoms with E-state index >= 15 is 0 Å². The number of para-hydroxylation sites is 1. The number of thiazole rings is 1. The van der Waals surface area contributed by atoms with Gasteiger partial charge in [-0.15, -0.1) is 21.5 Å². The molecule has 0 radical (unpaired) electrons. The molecular weight excluding hydrogens is 460 g/mol. The molecule has 4 aromatic rings. The van der Waals surface area contributed by atoms with Crippen molar-refractivity contribution in [2.75, 3.05) is 5.32 Å². The van der Waals surface area contributed by atoms with Crippen LogP contribution in [0.3, 0.4) is 0 Å². The van der Waals surface area contributed by atoms with Gasteiger partial charge in [-0.2, -0.15) is 0 Å². The molecule has 0 saturated heterocycles. The Kier molecular flexibility index (Phi) is 7.65. The van der Waals surface area contributed by atoms with Gasteiger partial charge < -0.3 is 4.74 Å². The summed E-state index contributed by atoms with van der Waals surface area (Å²) in [5.74, 6) is 1.23. The highest BCUT2D eigenvalue weighted by atomic mass is 32.2. The molecule has 0 fully saturated rings. The fourth-order valence-electron chi connectivity index (χ4n) is 2.73. The highest BCUT2D eigenvalue weighted by Gasteiger charge is 2.08. The third-order valence-corrected chi connectivity index (χ3v) is 7.08. The number of amides is 1. The number of carbonyl (C=O) groups is 1. The van der Waals surface area contributed by atoms with Crippen LogP contribution >= 0.6 is 34.4 Å². The molecule has 32 heavy (non-hydrogen) atoms. The highest BCUT2D eigenvalue weighted by molar-refractivity contribution is 8.00. The van der Waals surface area contributed by atoms with Gasteiger partial charge in [0.25, 0.3) is 0 Å². The van der Waals surface area contributed by atoms with Gasteiger partial charge in [0.1, 0.15) is 12.4 Å². The summed E-state index contributed by atoms with van der Waals surface area (Å²) < 4.78 is 6.70. The number of aromatic nitrogens is 3. The van der Waals surface area contributed by atoms with Gasteiger partial charge in [0.05, 0.1) is 10.7 Å². The van der Waals surface area contributed by atoms with Gasteiger partial charge in [0, 0.05) is 22.8 Å². The van der Waals surface area contributed by atoms with Crippen LogP contribution in [0.4, 0.5) is 5.13 Å². The Bertz CT molecular complexity index is 1200. The lowest BCUT2D eigenvalue weighted by Crippen LogP contribution is -2.07. The molecule has 1 amide bonds. The predicted octanol–water partition coefficient (Wildman–Crippen LogP) is 5.83. The quantitative estimate of drug-likeness (QED) is 0.185. The van der Waals surface area contributed by atoms with Crippen LogP contribution < -0.4 is 10.1 Å². The summed E-state index contributed by atoms with van der Waals surface area (Å²) in [5, 5.41) is 14.4. The maximum Gasteiger partial charge on any atom is 0.250 e. The van der Waals surface area contributed by atoms with E-state index in [0.717, 1.165) is 26.4 Å². The molecule has 0 unspecified atom stereocenters. The third kappa shape index (κ3) is 6.49. The zero-order valence-corrected chi connectivity index (χ0v) is 19.7. The fourth-order valence-corrected chi connectivity index (χ4v) is 5.03. The molecule has 0 aliphatic heterocycles. The number of thioether (sulfide) groups is 1. The molecule has 0 aliphatic carbocycles. The van der Waals surface area contributed by atoms with Crippen molar-refractivity contribution in [1.29, 1.82) is 0 Å². The molecule has 0 bridgehead atoms. The van der Waals surface area contributed by atoms with Gasteiger partial charge in [-0.05, 0) is 24.6 Å². The van der Waals surface area contributed by atoms with E-state index in [9.17, 15) is 4.79 Å². The standard InChI is InChI=1S/C23H20N4O2S3/c1-16-24-19(15-30-16)13-29-20-10-6-5-9-18(20)11-12-21(28)25-22-26-27-23(32-22)31-14-17-7-3-2-4-8-17/h2-12,15H,13-14H2,1H3,(H,25,26,28)/b12-11+. The van der Waals surface area contributed by atoms with Crippen LogP contribution in [0.5, 0.6) is 5.75 Å². The van der Waals surface area contributed by atoms with Crippen LogP contribution in [0, 0.1) is 6.92 Å². The number of aryl methyl sites for hydroxylation is 1. The largest absolute Gasteiger partial charge is 0.487 e. The maximum absolute atomic E-state index is 12.4. The topological polar surface area (TPSA) is 77.0 Å². The summed E-state index contributed by atoms with van der Waals surface area (Å²) >= 11 is 4.54. The minimum atomic E-state index is -0.273. The van der Waals surface area contributed by atoms with Crippen molar-refractivity contribution >= 4 is 51.6 Å². The molecule has 9 heteroatoms. The number of benzene rings is 2. The molecule has 6 nitrogen and oxygen atoms in total. The van der Waals surface area contributed by atoms with E-state index < -0.39 is 0 Å². The third-order valence-electron chi connectivity index (χ3n) is 4.22. The van der Waals surface area contributed by atoms with E-state index in [1.54, 1.807) is 29.2 Å². The zero-order valence-electron chi connectivity index (χ0n) is 17.2. The van der Waals surface area contributed by atoms with Crippen LogP contribution in [0.1, 0.15) is 21.8 Å². The van der Waals surface area contributed by atoms with Gasteiger partial charge >= 0.3 is 0 Å². The summed E-state index contributed by atoms with van der Waals surface area (Å²) in [5.41, 5.74) is 2.92.